The number of rotatable bonds is 2. The number of hydrogen-bond acceptors (Lipinski definition) is 4. The van der Waals surface area contributed by atoms with Crippen LogP contribution in [0.5, 0.6) is 0 Å². The van der Waals surface area contributed by atoms with Crippen molar-refractivity contribution in [3.05, 3.63) is 35.7 Å². The minimum atomic E-state index is -0.919. The van der Waals surface area contributed by atoms with Crippen LogP contribution in [0.4, 0.5) is 8.78 Å². The molecule has 1 N–H and O–H groups in total. The van der Waals surface area contributed by atoms with Crippen LogP contribution >= 0.6 is 0 Å². The molecule has 1 aliphatic heterocycles. The van der Waals surface area contributed by atoms with Gasteiger partial charge in [-0.3, -0.25) is 0 Å². The van der Waals surface area contributed by atoms with E-state index in [4.69, 9.17) is 4.52 Å². The van der Waals surface area contributed by atoms with Crippen molar-refractivity contribution in [3.63, 3.8) is 0 Å². The van der Waals surface area contributed by atoms with E-state index in [1.807, 2.05) is 0 Å². The summed E-state index contributed by atoms with van der Waals surface area (Å²) < 4.78 is 31.0. The molecule has 2 aromatic rings. The van der Waals surface area contributed by atoms with Gasteiger partial charge in [-0.15, -0.1) is 0 Å². The Hall–Kier alpha value is -1.82. The van der Waals surface area contributed by atoms with Crippen molar-refractivity contribution < 1.29 is 13.3 Å². The Morgan fingerprint density at radius 2 is 2.17 bits per heavy atom. The third-order valence-electron chi connectivity index (χ3n) is 2.98. The fourth-order valence-corrected chi connectivity index (χ4v) is 2.02. The van der Waals surface area contributed by atoms with Crippen molar-refractivity contribution in [2.24, 2.45) is 0 Å². The van der Waals surface area contributed by atoms with E-state index in [0.717, 1.165) is 31.5 Å². The van der Waals surface area contributed by atoms with E-state index in [2.05, 4.69) is 15.5 Å². The summed E-state index contributed by atoms with van der Waals surface area (Å²) in [6.07, 6.45) is 2.01. The van der Waals surface area contributed by atoms with Crippen molar-refractivity contribution in [1.82, 2.24) is 15.5 Å². The molecule has 4 nitrogen and oxygen atoms in total. The zero-order valence-corrected chi connectivity index (χ0v) is 9.49. The van der Waals surface area contributed by atoms with Gasteiger partial charge in [0.05, 0.1) is 6.04 Å². The fourth-order valence-electron chi connectivity index (χ4n) is 2.02. The Kier molecular flexibility index (Phi) is 2.79. The number of hydrogen-bond donors (Lipinski definition) is 1. The lowest BCUT2D eigenvalue weighted by Gasteiger charge is -2.01. The molecule has 0 radical (unpaired) electrons. The number of halogens is 2. The number of nitrogens with one attached hydrogen (secondary N) is 1. The quantitative estimate of drug-likeness (QED) is 0.890. The van der Waals surface area contributed by atoms with Gasteiger partial charge in [-0.25, -0.2) is 8.78 Å². The predicted octanol–water partition coefficient (Wildman–Crippen LogP) is 2.44. The highest BCUT2D eigenvalue weighted by Crippen LogP contribution is 2.24. The molecule has 18 heavy (non-hydrogen) atoms. The Morgan fingerprint density at radius 1 is 1.28 bits per heavy atom. The summed E-state index contributed by atoms with van der Waals surface area (Å²) in [4.78, 5) is 4.20. The van der Waals surface area contributed by atoms with Gasteiger partial charge in [0.25, 0.3) is 0 Å². The molecule has 1 saturated heterocycles. The Bertz CT molecular complexity index is 564. The molecule has 1 aliphatic rings. The first-order chi connectivity index (χ1) is 8.74. The van der Waals surface area contributed by atoms with Crippen LogP contribution in [-0.4, -0.2) is 16.7 Å². The monoisotopic (exact) mass is 251 g/mol. The van der Waals surface area contributed by atoms with Crippen LogP contribution in [0.15, 0.2) is 22.7 Å². The lowest BCUT2D eigenvalue weighted by Crippen LogP contribution is -2.12. The molecule has 6 heteroatoms. The van der Waals surface area contributed by atoms with Crippen LogP contribution in [0.2, 0.25) is 0 Å². The van der Waals surface area contributed by atoms with Crippen LogP contribution in [0.25, 0.3) is 11.4 Å². The van der Waals surface area contributed by atoms with E-state index >= 15 is 0 Å². The molecule has 0 bridgehead atoms. The first-order valence-electron chi connectivity index (χ1n) is 5.76. The molecule has 1 aromatic carbocycles. The van der Waals surface area contributed by atoms with Gasteiger partial charge in [-0.05, 0) is 37.6 Å². The van der Waals surface area contributed by atoms with E-state index < -0.39 is 11.6 Å². The van der Waals surface area contributed by atoms with Gasteiger partial charge in [-0.2, -0.15) is 4.98 Å². The van der Waals surface area contributed by atoms with Gasteiger partial charge in [0.1, 0.15) is 0 Å². The fraction of sp³-hybridized carbons (Fsp3) is 0.333. The highest BCUT2D eigenvalue weighted by atomic mass is 19.2. The predicted molar refractivity (Wildman–Crippen MR) is 59.6 cm³/mol. The van der Waals surface area contributed by atoms with Gasteiger partial charge < -0.3 is 9.84 Å². The van der Waals surface area contributed by atoms with Crippen molar-refractivity contribution >= 4 is 0 Å². The summed E-state index contributed by atoms with van der Waals surface area (Å²) in [6.45, 7) is 0.924. The zero-order chi connectivity index (χ0) is 12.5. The molecule has 2 heterocycles. The molecule has 1 aromatic heterocycles. The van der Waals surface area contributed by atoms with Crippen molar-refractivity contribution in [2.75, 3.05) is 6.54 Å². The maximum atomic E-state index is 13.1. The van der Waals surface area contributed by atoms with E-state index in [0.29, 0.717) is 11.5 Å². The molecule has 0 unspecified atom stereocenters. The molecule has 1 atom stereocenters. The van der Waals surface area contributed by atoms with Crippen molar-refractivity contribution in [1.29, 1.82) is 0 Å². The minimum absolute atomic E-state index is 0.0662. The summed E-state index contributed by atoms with van der Waals surface area (Å²) >= 11 is 0. The lowest BCUT2D eigenvalue weighted by molar-refractivity contribution is 0.345. The van der Waals surface area contributed by atoms with Crippen LogP contribution < -0.4 is 5.32 Å². The largest absolute Gasteiger partial charge is 0.337 e. The molecule has 3 rings (SSSR count). The van der Waals surface area contributed by atoms with Crippen LogP contribution in [0.1, 0.15) is 24.8 Å². The molecular formula is C12H11F2N3O. The molecule has 0 aliphatic carbocycles. The average Bonchev–Trinajstić information content (AvgIpc) is 3.01. The minimum Gasteiger partial charge on any atom is -0.337 e. The van der Waals surface area contributed by atoms with E-state index in [1.165, 1.54) is 6.07 Å². The van der Waals surface area contributed by atoms with Crippen molar-refractivity contribution in [3.8, 4) is 11.4 Å². The van der Waals surface area contributed by atoms with Crippen LogP contribution in [0.3, 0.4) is 0 Å². The molecule has 0 saturated carbocycles. The third kappa shape index (κ3) is 1.99. The highest BCUT2D eigenvalue weighted by Gasteiger charge is 2.22. The summed E-state index contributed by atoms with van der Waals surface area (Å²) in [5, 5.41) is 7.01. The topological polar surface area (TPSA) is 51.0 Å². The smallest absolute Gasteiger partial charge is 0.244 e. The summed E-state index contributed by atoms with van der Waals surface area (Å²) in [6, 6.07) is 3.60. The Labute approximate surface area is 102 Å². The maximum absolute atomic E-state index is 13.1. The number of benzene rings is 1. The van der Waals surface area contributed by atoms with Crippen LogP contribution in [0, 0.1) is 11.6 Å². The van der Waals surface area contributed by atoms with E-state index in [9.17, 15) is 8.78 Å². The number of nitrogens with zero attached hydrogens (tertiary/aromatic N) is 2. The second kappa shape index (κ2) is 4.45. The van der Waals surface area contributed by atoms with Gasteiger partial charge in [0, 0.05) is 5.56 Å². The van der Waals surface area contributed by atoms with Gasteiger partial charge in [0.15, 0.2) is 11.6 Å². The van der Waals surface area contributed by atoms with Gasteiger partial charge in [-0.1, -0.05) is 5.16 Å². The SMILES string of the molecule is Fc1ccc(-c2noc([C@@H]3CCCN3)n2)cc1F. The number of aromatic nitrogens is 2. The average molecular weight is 251 g/mol. The standard InChI is InChI=1S/C12H11F2N3O/c13-8-4-3-7(6-9(8)14)11-16-12(18-17-11)10-2-1-5-15-10/h3-4,6,10,15H,1-2,5H2/t10-/m0/s1. The van der Waals surface area contributed by atoms with Gasteiger partial charge >= 0.3 is 0 Å². The van der Waals surface area contributed by atoms with Crippen LogP contribution in [-0.2, 0) is 0 Å². The third-order valence-corrected chi connectivity index (χ3v) is 2.98. The first-order valence-corrected chi connectivity index (χ1v) is 5.76. The molecule has 0 amide bonds. The summed E-state index contributed by atoms with van der Waals surface area (Å²) in [5.41, 5.74) is 0.405. The summed E-state index contributed by atoms with van der Waals surface area (Å²) in [5.74, 6) is -1.04. The van der Waals surface area contributed by atoms with E-state index in [1.54, 1.807) is 0 Å². The van der Waals surface area contributed by atoms with Crippen molar-refractivity contribution in [2.45, 2.75) is 18.9 Å². The molecule has 0 spiro atoms. The molecule has 1 fully saturated rings. The normalized spacial score (nSPS) is 19.3. The lowest BCUT2D eigenvalue weighted by atomic mass is 10.2. The molecular weight excluding hydrogens is 240 g/mol. The first kappa shape index (κ1) is 11.3. The molecule has 94 valence electrons. The second-order valence-electron chi connectivity index (χ2n) is 4.23. The second-order valence-corrected chi connectivity index (χ2v) is 4.23. The Balaban J connectivity index is 1.89. The maximum Gasteiger partial charge on any atom is 0.244 e. The zero-order valence-electron chi connectivity index (χ0n) is 9.49. The van der Waals surface area contributed by atoms with Gasteiger partial charge in [0.2, 0.25) is 11.7 Å². The Morgan fingerprint density at radius 3 is 2.89 bits per heavy atom. The highest BCUT2D eigenvalue weighted by molar-refractivity contribution is 5.54. The summed E-state index contributed by atoms with van der Waals surface area (Å²) in [7, 11) is 0. The van der Waals surface area contributed by atoms with E-state index in [-0.39, 0.29) is 11.9 Å².